The van der Waals surface area contributed by atoms with Crippen LogP contribution in [0.1, 0.15) is 24.8 Å². The van der Waals surface area contributed by atoms with Crippen molar-refractivity contribution >= 4 is 12.0 Å². The van der Waals surface area contributed by atoms with Gasteiger partial charge in [-0.25, -0.2) is 9.59 Å². The maximum absolute atomic E-state index is 11.9. The van der Waals surface area contributed by atoms with Gasteiger partial charge in [-0.1, -0.05) is 17.7 Å². The van der Waals surface area contributed by atoms with Crippen LogP contribution in [0, 0.1) is 18.4 Å². The Morgan fingerprint density at radius 2 is 2.05 bits per heavy atom. The largest absolute Gasteiger partial charge is 0.428 e. The SMILES string of the molecule is Cc1ccc(OC(=O)C(CCCCOC#N)N=C=O)cc1. The maximum atomic E-state index is 11.9. The molecule has 110 valence electrons. The molecule has 0 aliphatic heterocycles. The second kappa shape index (κ2) is 9.29. The van der Waals surface area contributed by atoms with Crippen molar-refractivity contribution in [2.24, 2.45) is 4.99 Å². The summed E-state index contributed by atoms with van der Waals surface area (Å²) >= 11 is 0. The second-order valence-electron chi connectivity index (χ2n) is 4.41. The third kappa shape index (κ3) is 6.37. The van der Waals surface area contributed by atoms with E-state index in [1.165, 1.54) is 6.08 Å². The quantitative estimate of drug-likeness (QED) is 0.183. The number of isocyanates is 1. The Kier molecular flexibility index (Phi) is 7.26. The monoisotopic (exact) mass is 288 g/mol. The van der Waals surface area contributed by atoms with Crippen molar-refractivity contribution in [3.05, 3.63) is 29.8 Å². The number of hydrogen-bond donors (Lipinski definition) is 0. The highest BCUT2D eigenvalue weighted by Gasteiger charge is 2.19. The Balaban J connectivity index is 2.51. The summed E-state index contributed by atoms with van der Waals surface area (Å²) in [6.07, 6.45) is 4.47. The molecule has 0 aliphatic rings. The zero-order valence-corrected chi connectivity index (χ0v) is 11.7. The molecular formula is C15H16N2O4. The van der Waals surface area contributed by atoms with Gasteiger partial charge >= 0.3 is 5.97 Å². The van der Waals surface area contributed by atoms with Crippen molar-refractivity contribution in [3.63, 3.8) is 0 Å². The molecule has 0 fully saturated rings. The Hall–Kier alpha value is -2.64. The lowest BCUT2D eigenvalue weighted by atomic mass is 10.1. The van der Waals surface area contributed by atoms with Crippen molar-refractivity contribution < 1.29 is 19.1 Å². The number of aryl methyl sites for hydroxylation is 1. The van der Waals surface area contributed by atoms with Gasteiger partial charge < -0.3 is 9.47 Å². The van der Waals surface area contributed by atoms with E-state index in [-0.39, 0.29) is 6.61 Å². The summed E-state index contributed by atoms with van der Waals surface area (Å²) in [5, 5.41) is 8.21. The van der Waals surface area contributed by atoms with Crippen LogP contribution in [0.4, 0.5) is 0 Å². The molecule has 0 spiro atoms. The molecule has 1 atom stereocenters. The molecule has 0 N–H and O–H groups in total. The number of esters is 1. The van der Waals surface area contributed by atoms with Gasteiger partial charge in [0, 0.05) is 0 Å². The Labute approximate surface area is 123 Å². The topological polar surface area (TPSA) is 88.8 Å². The summed E-state index contributed by atoms with van der Waals surface area (Å²) in [5.74, 6) is -0.187. The van der Waals surface area contributed by atoms with Crippen molar-refractivity contribution in [1.82, 2.24) is 0 Å². The van der Waals surface area contributed by atoms with E-state index < -0.39 is 12.0 Å². The van der Waals surface area contributed by atoms with E-state index in [1.807, 2.05) is 19.1 Å². The van der Waals surface area contributed by atoms with Crippen molar-refractivity contribution in [3.8, 4) is 12.0 Å². The van der Waals surface area contributed by atoms with E-state index >= 15 is 0 Å². The summed E-state index contributed by atoms with van der Waals surface area (Å²) in [6, 6.07) is 6.11. The van der Waals surface area contributed by atoms with Gasteiger partial charge in [0.15, 0.2) is 6.04 Å². The third-order valence-electron chi connectivity index (χ3n) is 2.76. The summed E-state index contributed by atoms with van der Waals surface area (Å²) in [4.78, 5) is 25.8. The van der Waals surface area contributed by atoms with Gasteiger partial charge in [0.05, 0.1) is 0 Å². The minimum Gasteiger partial charge on any atom is -0.428 e. The van der Waals surface area contributed by atoms with Crippen molar-refractivity contribution in [2.75, 3.05) is 6.61 Å². The Morgan fingerprint density at radius 3 is 2.67 bits per heavy atom. The Bertz CT molecular complexity index is 542. The van der Waals surface area contributed by atoms with Crippen LogP contribution in [0.5, 0.6) is 5.75 Å². The predicted molar refractivity (Wildman–Crippen MR) is 74.1 cm³/mol. The van der Waals surface area contributed by atoms with Crippen molar-refractivity contribution in [1.29, 1.82) is 5.26 Å². The minimum atomic E-state index is -0.883. The fraction of sp³-hybridized carbons (Fsp3) is 0.400. The van der Waals surface area contributed by atoms with Crippen LogP contribution in [0.2, 0.25) is 0 Å². The van der Waals surface area contributed by atoms with E-state index in [0.29, 0.717) is 25.0 Å². The van der Waals surface area contributed by atoms with Gasteiger partial charge in [0.2, 0.25) is 6.08 Å². The number of nitrogens with zero attached hydrogens (tertiary/aromatic N) is 2. The van der Waals surface area contributed by atoms with E-state index in [2.05, 4.69) is 9.73 Å². The standard InChI is InChI=1S/C15H16N2O4/c1-12-5-7-13(8-6-12)21-15(19)14(17-11-18)4-2-3-9-20-10-16/h5-8,14H,2-4,9H2,1H3. The van der Waals surface area contributed by atoms with Gasteiger partial charge in [-0.05, 0) is 38.3 Å². The van der Waals surface area contributed by atoms with Crippen LogP contribution in [-0.4, -0.2) is 24.7 Å². The average Bonchev–Trinajstić information content (AvgIpc) is 2.48. The lowest BCUT2D eigenvalue weighted by Gasteiger charge is -2.10. The summed E-state index contributed by atoms with van der Waals surface area (Å²) in [7, 11) is 0. The van der Waals surface area contributed by atoms with E-state index in [0.717, 1.165) is 5.56 Å². The lowest BCUT2D eigenvalue weighted by molar-refractivity contribution is -0.135. The molecule has 1 aromatic carbocycles. The first kappa shape index (κ1) is 16.4. The summed E-state index contributed by atoms with van der Waals surface area (Å²) < 4.78 is 9.69. The average molecular weight is 288 g/mol. The number of rotatable bonds is 8. The van der Waals surface area contributed by atoms with Crippen LogP contribution >= 0.6 is 0 Å². The van der Waals surface area contributed by atoms with Gasteiger partial charge in [-0.15, -0.1) is 0 Å². The van der Waals surface area contributed by atoms with E-state index in [1.54, 1.807) is 18.4 Å². The smallest absolute Gasteiger partial charge is 0.337 e. The molecule has 0 aliphatic carbocycles. The zero-order chi connectivity index (χ0) is 15.5. The van der Waals surface area contributed by atoms with Crippen LogP contribution in [0.15, 0.2) is 29.3 Å². The minimum absolute atomic E-state index is 0.279. The molecule has 0 saturated heterocycles. The number of carbonyl (C=O) groups excluding carboxylic acids is 2. The fourth-order valence-electron chi connectivity index (χ4n) is 1.65. The first-order valence-electron chi connectivity index (χ1n) is 6.53. The third-order valence-corrected chi connectivity index (χ3v) is 2.76. The molecule has 1 unspecified atom stereocenters. The van der Waals surface area contributed by atoms with E-state index in [9.17, 15) is 9.59 Å². The number of unbranched alkanes of at least 4 members (excludes halogenated alkanes) is 1. The van der Waals surface area contributed by atoms with Crippen LogP contribution in [-0.2, 0) is 14.3 Å². The molecule has 0 bridgehead atoms. The van der Waals surface area contributed by atoms with Gasteiger partial charge in [0.25, 0.3) is 6.26 Å². The van der Waals surface area contributed by atoms with Gasteiger partial charge in [-0.2, -0.15) is 10.3 Å². The molecule has 0 heterocycles. The zero-order valence-electron chi connectivity index (χ0n) is 11.7. The highest BCUT2D eigenvalue weighted by atomic mass is 16.5. The fourth-order valence-corrected chi connectivity index (χ4v) is 1.65. The predicted octanol–water partition coefficient (Wildman–Crippen LogP) is 2.27. The number of nitriles is 1. The molecule has 0 amide bonds. The van der Waals surface area contributed by atoms with E-state index in [4.69, 9.17) is 10.00 Å². The molecule has 1 rings (SSSR count). The number of aliphatic imine (C=N–C) groups is 1. The normalized spacial score (nSPS) is 10.9. The highest BCUT2D eigenvalue weighted by molar-refractivity contribution is 5.79. The summed E-state index contributed by atoms with van der Waals surface area (Å²) in [5.41, 5.74) is 1.05. The molecule has 21 heavy (non-hydrogen) atoms. The molecule has 6 nitrogen and oxygen atoms in total. The first-order chi connectivity index (χ1) is 10.2. The van der Waals surface area contributed by atoms with Crippen LogP contribution < -0.4 is 4.74 Å². The number of hydrogen-bond acceptors (Lipinski definition) is 6. The maximum Gasteiger partial charge on any atom is 0.337 e. The molecule has 0 aromatic heterocycles. The molecule has 1 aromatic rings. The number of carbonyl (C=O) groups is 1. The number of benzene rings is 1. The molecule has 0 saturated carbocycles. The Morgan fingerprint density at radius 1 is 1.33 bits per heavy atom. The molecule has 6 heteroatoms. The second-order valence-corrected chi connectivity index (χ2v) is 4.41. The van der Waals surface area contributed by atoms with Gasteiger partial charge in [0.1, 0.15) is 12.4 Å². The first-order valence-corrected chi connectivity index (χ1v) is 6.53. The van der Waals surface area contributed by atoms with Crippen LogP contribution in [0.25, 0.3) is 0 Å². The molecule has 0 radical (unpaired) electrons. The summed E-state index contributed by atoms with van der Waals surface area (Å²) in [6.45, 7) is 2.20. The van der Waals surface area contributed by atoms with Gasteiger partial charge in [-0.3, -0.25) is 0 Å². The van der Waals surface area contributed by atoms with Crippen LogP contribution in [0.3, 0.4) is 0 Å². The molecular weight excluding hydrogens is 272 g/mol. The lowest BCUT2D eigenvalue weighted by Crippen LogP contribution is -2.24. The number of ether oxygens (including phenoxy) is 2. The van der Waals surface area contributed by atoms with Crippen molar-refractivity contribution in [2.45, 2.75) is 32.2 Å². The highest BCUT2D eigenvalue weighted by Crippen LogP contribution is 2.14.